The topological polar surface area (TPSA) is 98.9 Å². The lowest BCUT2D eigenvalue weighted by atomic mass is 10.4. The summed E-state index contributed by atoms with van der Waals surface area (Å²) in [4.78, 5) is 1.17. The van der Waals surface area contributed by atoms with Crippen LogP contribution in [0.25, 0.3) is 0 Å². The van der Waals surface area contributed by atoms with Gasteiger partial charge in [-0.2, -0.15) is 0 Å². The van der Waals surface area contributed by atoms with Crippen molar-refractivity contribution in [2.45, 2.75) is 39.5 Å². The molecule has 0 rings (SSSR count). The molecule has 5 nitrogen and oxygen atoms in total. The first-order chi connectivity index (χ1) is 4.46. The molecule has 0 aromatic carbocycles. The maximum atomic E-state index is 8.96. The number of rotatable bonds is 3. The molecule has 0 aliphatic carbocycles. The molecule has 0 aliphatic heterocycles. The van der Waals surface area contributed by atoms with Gasteiger partial charge in [0, 0.05) is 0 Å². The number of nitrogens with zero attached hydrogens (tertiary/aromatic N) is 1. The Morgan fingerprint density at radius 2 is 0.923 bits per heavy atom. The molecule has 3 atom stereocenters. The predicted molar refractivity (Wildman–Crippen MR) is 46.9 cm³/mol. The molecule has 0 spiro atoms. The molecule has 7 heteroatoms. The van der Waals surface area contributed by atoms with Crippen LogP contribution in [0.15, 0.2) is 0 Å². The minimum absolute atomic E-state index is 0. The first-order valence-electron chi connectivity index (χ1n) is 3.28. The van der Waals surface area contributed by atoms with Gasteiger partial charge in [0.2, 0.25) is 0 Å². The summed E-state index contributed by atoms with van der Waals surface area (Å²) in [5.74, 6) is 0. The number of halogens is 2. The Morgan fingerprint density at radius 3 is 0.923 bits per heavy atom. The third-order valence-corrected chi connectivity index (χ3v) is 1.29. The SMILES string of the molecule is CC(O)N(C(C)O)C(C)O.F.F.N. The van der Waals surface area contributed by atoms with E-state index in [4.69, 9.17) is 15.3 Å². The Labute approximate surface area is 76.3 Å². The molecule has 0 amide bonds. The van der Waals surface area contributed by atoms with Crippen molar-refractivity contribution < 1.29 is 24.7 Å². The van der Waals surface area contributed by atoms with E-state index in [0.29, 0.717) is 0 Å². The van der Waals surface area contributed by atoms with Gasteiger partial charge in [-0.25, -0.2) is 4.90 Å². The fraction of sp³-hybridized carbons (Fsp3) is 1.00. The van der Waals surface area contributed by atoms with E-state index in [2.05, 4.69) is 0 Å². The number of hydrogen-bond donors (Lipinski definition) is 4. The molecule has 0 aromatic rings. The van der Waals surface area contributed by atoms with Gasteiger partial charge in [0.05, 0.1) is 0 Å². The maximum Gasteiger partial charge on any atom is 0.108 e. The third kappa shape index (κ3) is 8.00. The Morgan fingerprint density at radius 1 is 0.769 bits per heavy atom. The minimum Gasteiger partial charge on any atom is -0.379 e. The number of hydrogen-bond acceptors (Lipinski definition) is 5. The van der Waals surface area contributed by atoms with E-state index in [9.17, 15) is 0 Å². The first-order valence-corrected chi connectivity index (χ1v) is 3.28. The fourth-order valence-corrected chi connectivity index (χ4v) is 0.937. The second-order valence-electron chi connectivity index (χ2n) is 2.34. The highest BCUT2D eigenvalue weighted by Crippen LogP contribution is 2.04. The van der Waals surface area contributed by atoms with Crippen LogP contribution in [0.1, 0.15) is 20.8 Å². The molecule has 0 bridgehead atoms. The van der Waals surface area contributed by atoms with Crippen molar-refractivity contribution in [3.63, 3.8) is 0 Å². The van der Waals surface area contributed by atoms with Crippen molar-refractivity contribution in [1.29, 1.82) is 0 Å². The number of aliphatic hydroxyl groups is 3. The van der Waals surface area contributed by atoms with Gasteiger partial charge in [0.1, 0.15) is 18.7 Å². The molecule has 0 saturated heterocycles. The van der Waals surface area contributed by atoms with Crippen molar-refractivity contribution in [1.82, 2.24) is 11.1 Å². The Balaban J connectivity index is -0.000000135. The Kier molecular flexibility index (Phi) is 17.2. The summed E-state index contributed by atoms with van der Waals surface area (Å²) in [6.07, 6.45) is -2.50. The zero-order valence-electron chi connectivity index (χ0n) is 8.04. The lowest BCUT2D eigenvalue weighted by molar-refractivity contribution is -0.159. The second kappa shape index (κ2) is 9.75. The zero-order valence-corrected chi connectivity index (χ0v) is 8.04. The van der Waals surface area contributed by atoms with Crippen LogP contribution in [-0.2, 0) is 0 Å². The second-order valence-corrected chi connectivity index (χ2v) is 2.34. The molecule has 0 aliphatic rings. The highest BCUT2D eigenvalue weighted by Gasteiger charge is 2.19. The van der Waals surface area contributed by atoms with Gasteiger partial charge in [-0.15, -0.1) is 0 Å². The summed E-state index contributed by atoms with van der Waals surface area (Å²) in [5, 5.41) is 26.9. The van der Waals surface area contributed by atoms with Gasteiger partial charge < -0.3 is 21.5 Å². The van der Waals surface area contributed by atoms with E-state index in [1.807, 2.05) is 0 Å². The molecule has 0 aromatic heterocycles. The molecule has 6 N–H and O–H groups in total. The predicted octanol–water partition coefficient (Wildman–Crippen LogP) is -0.230. The summed E-state index contributed by atoms with van der Waals surface area (Å²) < 4.78 is 0. The fourth-order valence-electron chi connectivity index (χ4n) is 0.937. The van der Waals surface area contributed by atoms with Gasteiger partial charge in [0.25, 0.3) is 0 Å². The molecule has 0 fully saturated rings. The lowest BCUT2D eigenvalue weighted by Crippen LogP contribution is -2.45. The van der Waals surface area contributed by atoms with Gasteiger partial charge >= 0.3 is 0 Å². The Bertz CT molecular complexity index is 84.9. The average molecular weight is 206 g/mol. The van der Waals surface area contributed by atoms with Crippen molar-refractivity contribution in [3.05, 3.63) is 0 Å². The molecule has 0 radical (unpaired) electrons. The average Bonchev–Trinajstić information content (AvgIpc) is 1.59. The lowest BCUT2D eigenvalue weighted by Gasteiger charge is -2.30. The van der Waals surface area contributed by atoms with E-state index >= 15 is 0 Å². The summed E-state index contributed by atoms with van der Waals surface area (Å²) >= 11 is 0. The molecule has 0 saturated carbocycles. The first kappa shape index (κ1) is 23.0. The molecule has 86 valence electrons. The highest BCUT2D eigenvalue weighted by atomic mass is 19.0. The van der Waals surface area contributed by atoms with Crippen LogP contribution in [-0.4, -0.2) is 38.9 Å². The summed E-state index contributed by atoms with van der Waals surface area (Å²) in [5.41, 5.74) is 0. The van der Waals surface area contributed by atoms with Crippen LogP contribution in [0.2, 0.25) is 0 Å². The van der Waals surface area contributed by atoms with Crippen molar-refractivity contribution in [2.75, 3.05) is 0 Å². The van der Waals surface area contributed by atoms with Crippen molar-refractivity contribution >= 4 is 0 Å². The highest BCUT2D eigenvalue weighted by molar-refractivity contribution is 4.58. The summed E-state index contributed by atoms with van der Waals surface area (Å²) in [6, 6.07) is 0. The molecular formula is C6H20F2N2O3. The van der Waals surface area contributed by atoms with Crippen LogP contribution < -0.4 is 6.15 Å². The quantitative estimate of drug-likeness (QED) is 0.478. The zero-order chi connectivity index (χ0) is 8.31. The standard InChI is InChI=1S/C6H15NO3.2FH.H3N/c1-4(8)7(5(2)9)6(3)10;;;/h4-6,8-10H,1-3H3;2*1H;1H3. The number of aliphatic hydroxyl groups excluding tert-OH is 3. The molecule has 0 heterocycles. The van der Waals surface area contributed by atoms with Gasteiger partial charge in [-0.05, 0) is 20.8 Å². The molecule has 13 heavy (non-hydrogen) atoms. The van der Waals surface area contributed by atoms with E-state index < -0.39 is 18.7 Å². The third-order valence-electron chi connectivity index (χ3n) is 1.29. The summed E-state index contributed by atoms with van der Waals surface area (Å²) in [7, 11) is 0. The van der Waals surface area contributed by atoms with Crippen LogP contribution in [0.4, 0.5) is 9.41 Å². The normalized spacial score (nSPS) is 15.9. The maximum absolute atomic E-state index is 8.96. The van der Waals surface area contributed by atoms with Crippen molar-refractivity contribution in [2.24, 2.45) is 0 Å². The molecule has 3 unspecified atom stereocenters. The van der Waals surface area contributed by atoms with Gasteiger partial charge in [-0.3, -0.25) is 9.41 Å². The van der Waals surface area contributed by atoms with E-state index in [0.717, 1.165) is 0 Å². The van der Waals surface area contributed by atoms with Gasteiger partial charge in [0.15, 0.2) is 0 Å². The van der Waals surface area contributed by atoms with E-state index in [-0.39, 0.29) is 15.6 Å². The molecular weight excluding hydrogens is 186 g/mol. The Hall–Kier alpha value is -0.340. The largest absolute Gasteiger partial charge is 0.379 e. The van der Waals surface area contributed by atoms with Crippen LogP contribution in [0, 0.1) is 0 Å². The van der Waals surface area contributed by atoms with Crippen LogP contribution in [0.3, 0.4) is 0 Å². The van der Waals surface area contributed by atoms with E-state index in [1.165, 1.54) is 25.7 Å². The van der Waals surface area contributed by atoms with Crippen LogP contribution in [0.5, 0.6) is 0 Å². The summed E-state index contributed by atoms with van der Waals surface area (Å²) in [6.45, 7) is 4.46. The van der Waals surface area contributed by atoms with Crippen molar-refractivity contribution in [3.8, 4) is 0 Å². The van der Waals surface area contributed by atoms with E-state index in [1.54, 1.807) is 0 Å². The van der Waals surface area contributed by atoms with Crippen LogP contribution >= 0.6 is 0 Å². The smallest absolute Gasteiger partial charge is 0.108 e. The van der Waals surface area contributed by atoms with Gasteiger partial charge in [-0.1, -0.05) is 0 Å². The monoisotopic (exact) mass is 206 g/mol. The minimum atomic E-state index is -0.833.